The van der Waals surface area contributed by atoms with Gasteiger partial charge in [0, 0.05) is 19.3 Å². The van der Waals surface area contributed by atoms with Crippen molar-refractivity contribution in [2.45, 2.75) is 65.6 Å². The number of nitrogens with zero attached hydrogens (tertiary/aromatic N) is 2. The summed E-state index contributed by atoms with van der Waals surface area (Å²) in [6.45, 7) is 11.3. The van der Waals surface area contributed by atoms with Gasteiger partial charge in [-0.3, -0.25) is 4.68 Å². The highest BCUT2D eigenvalue weighted by Gasteiger charge is 2.25. The van der Waals surface area contributed by atoms with Crippen molar-refractivity contribution >= 4 is 0 Å². The molecule has 2 atom stereocenters. The summed E-state index contributed by atoms with van der Waals surface area (Å²) in [6.07, 6.45) is 5.42. The van der Waals surface area contributed by atoms with Gasteiger partial charge in [0.2, 0.25) is 0 Å². The van der Waals surface area contributed by atoms with E-state index in [4.69, 9.17) is 4.74 Å². The lowest BCUT2D eigenvalue weighted by atomic mass is 10.0. The number of hydrogen-bond donors (Lipinski definition) is 1. The van der Waals surface area contributed by atoms with Gasteiger partial charge in [-0.2, -0.15) is 5.10 Å². The first-order valence-corrected chi connectivity index (χ1v) is 7.65. The SMILES string of the molecule is CCCC(OCC)C(NCC)c1ccnn1CCC. The number of hydrogen-bond acceptors (Lipinski definition) is 3. The zero-order chi connectivity index (χ0) is 14.1. The van der Waals surface area contributed by atoms with Crippen LogP contribution in [0.1, 0.15) is 58.7 Å². The Bertz CT molecular complexity index is 332. The lowest BCUT2D eigenvalue weighted by molar-refractivity contribution is 0.0257. The Morgan fingerprint density at radius 2 is 2.05 bits per heavy atom. The molecular formula is C15H29N3O. The molecule has 0 aliphatic carbocycles. The maximum atomic E-state index is 5.95. The first-order valence-electron chi connectivity index (χ1n) is 7.65. The maximum Gasteiger partial charge on any atom is 0.0784 e. The summed E-state index contributed by atoms with van der Waals surface area (Å²) in [5.41, 5.74) is 1.25. The monoisotopic (exact) mass is 267 g/mol. The molecule has 4 heteroatoms. The largest absolute Gasteiger partial charge is 0.376 e. The molecule has 0 aliphatic heterocycles. The van der Waals surface area contributed by atoms with E-state index >= 15 is 0 Å². The minimum absolute atomic E-state index is 0.224. The normalized spacial score (nSPS) is 14.5. The molecule has 0 spiro atoms. The van der Waals surface area contributed by atoms with Crippen LogP contribution >= 0.6 is 0 Å². The second-order valence-corrected chi connectivity index (χ2v) is 4.80. The predicted octanol–water partition coefficient (Wildman–Crippen LogP) is 3.15. The van der Waals surface area contributed by atoms with E-state index in [2.05, 4.69) is 48.9 Å². The van der Waals surface area contributed by atoms with Crippen LogP contribution in [0.25, 0.3) is 0 Å². The van der Waals surface area contributed by atoms with Gasteiger partial charge in [0.15, 0.2) is 0 Å². The Hall–Kier alpha value is -0.870. The van der Waals surface area contributed by atoms with Gasteiger partial charge in [-0.25, -0.2) is 0 Å². The van der Waals surface area contributed by atoms with Gasteiger partial charge in [-0.15, -0.1) is 0 Å². The van der Waals surface area contributed by atoms with Crippen molar-refractivity contribution in [1.29, 1.82) is 0 Å². The van der Waals surface area contributed by atoms with Crippen molar-refractivity contribution in [3.63, 3.8) is 0 Å². The van der Waals surface area contributed by atoms with Gasteiger partial charge in [0.1, 0.15) is 0 Å². The van der Waals surface area contributed by atoms with Crippen LogP contribution in [0.3, 0.4) is 0 Å². The molecule has 2 unspecified atom stereocenters. The molecule has 0 saturated carbocycles. The van der Waals surface area contributed by atoms with E-state index in [-0.39, 0.29) is 12.1 Å². The fourth-order valence-corrected chi connectivity index (χ4v) is 2.50. The van der Waals surface area contributed by atoms with Crippen LogP contribution in [0.5, 0.6) is 0 Å². The molecule has 1 heterocycles. The van der Waals surface area contributed by atoms with Crippen molar-refractivity contribution in [1.82, 2.24) is 15.1 Å². The van der Waals surface area contributed by atoms with Crippen LogP contribution in [0.4, 0.5) is 0 Å². The predicted molar refractivity (Wildman–Crippen MR) is 79.3 cm³/mol. The zero-order valence-electron chi connectivity index (χ0n) is 12.9. The summed E-state index contributed by atoms with van der Waals surface area (Å²) in [5.74, 6) is 0. The third kappa shape index (κ3) is 4.62. The Morgan fingerprint density at radius 1 is 1.26 bits per heavy atom. The molecular weight excluding hydrogens is 238 g/mol. The van der Waals surface area contributed by atoms with E-state index in [9.17, 15) is 0 Å². The summed E-state index contributed by atoms with van der Waals surface area (Å²) in [4.78, 5) is 0. The molecule has 0 amide bonds. The highest BCUT2D eigenvalue weighted by atomic mass is 16.5. The Balaban J connectivity index is 2.92. The third-order valence-corrected chi connectivity index (χ3v) is 3.25. The van der Waals surface area contributed by atoms with Crippen LogP contribution in [0, 0.1) is 0 Å². The van der Waals surface area contributed by atoms with Crippen molar-refractivity contribution in [2.75, 3.05) is 13.2 Å². The summed E-state index contributed by atoms with van der Waals surface area (Å²) in [6, 6.07) is 2.35. The van der Waals surface area contributed by atoms with Gasteiger partial charge in [-0.05, 0) is 32.4 Å². The van der Waals surface area contributed by atoms with Crippen molar-refractivity contribution < 1.29 is 4.74 Å². The number of aromatic nitrogens is 2. The fourth-order valence-electron chi connectivity index (χ4n) is 2.50. The topological polar surface area (TPSA) is 39.1 Å². The zero-order valence-corrected chi connectivity index (χ0v) is 12.9. The van der Waals surface area contributed by atoms with E-state index in [1.165, 1.54) is 5.69 Å². The molecule has 0 bridgehead atoms. The molecule has 0 saturated heterocycles. The molecule has 1 aromatic rings. The lowest BCUT2D eigenvalue weighted by Crippen LogP contribution is -2.35. The quantitative estimate of drug-likeness (QED) is 0.708. The molecule has 1 N–H and O–H groups in total. The van der Waals surface area contributed by atoms with Crippen LogP contribution in [-0.2, 0) is 11.3 Å². The Morgan fingerprint density at radius 3 is 2.63 bits per heavy atom. The van der Waals surface area contributed by atoms with Crippen LogP contribution in [-0.4, -0.2) is 29.0 Å². The molecule has 110 valence electrons. The standard InChI is InChI=1S/C15H29N3O/c1-5-9-14(19-8-4)15(16-7-3)13-10-11-17-18(13)12-6-2/h10-11,14-16H,5-9,12H2,1-4H3. The third-order valence-electron chi connectivity index (χ3n) is 3.25. The van der Waals surface area contributed by atoms with Crippen molar-refractivity contribution in [3.05, 3.63) is 18.0 Å². The lowest BCUT2D eigenvalue weighted by Gasteiger charge is -2.28. The maximum absolute atomic E-state index is 5.95. The first-order chi connectivity index (χ1) is 9.28. The van der Waals surface area contributed by atoms with E-state index in [0.717, 1.165) is 39.0 Å². The molecule has 0 radical (unpaired) electrons. The second-order valence-electron chi connectivity index (χ2n) is 4.80. The number of likely N-dealkylation sites (N-methyl/N-ethyl adjacent to an activating group) is 1. The van der Waals surface area contributed by atoms with Gasteiger partial charge >= 0.3 is 0 Å². The van der Waals surface area contributed by atoms with Gasteiger partial charge in [0.05, 0.1) is 17.8 Å². The highest BCUT2D eigenvalue weighted by molar-refractivity contribution is 5.09. The van der Waals surface area contributed by atoms with Gasteiger partial charge in [0.25, 0.3) is 0 Å². The van der Waals surface area contributed by atoms with E-state index in [0.29, 0.717) is 0 Å². The summed E-state index contributed by atoms with van der Waals surface area (Å²) in [7, 11) is 0. The minimum Gasteiger partial charge on any atom is -0.376 e. The Kier molecular flexibility index (Phi) is 7.75. The molecule has 1 aromatic heterocycles. The molecule has 4 nitrogen and oxygen atoms in total. The minimum atomic E-state index is 0.224. The summed E-state index contributed by atoms with van der Waals surface area (Å²) >= 11 is 0. The van der Waals surface area contributed by atoms with Crippen LogP contribution < -0.4 is 5.32 Å². The summed E-state index contributed by atoms with van der Waals surface area (Å²) < 4.78 is 8.06. The molecule has 1 rings (SSSR count). The number of ether oxygens (including phenoxy) is 1. The molecule has 0 fully saturated rings. The average Bonchev–Trinajstić information content (AvgIpc) is 2.84. The van der Waals surface area contributed by atoms with Gasteiger partial charge < -0.3 is 10.1 Å². The van der Waals surface area contributed by atoms with Crippen LogP contribution in [0.15, 0.2) is 12.3 Å². The van der Waals surface area contributed by atoms with Crippen molar-refractivity contribution in [3.8, 4) is 0 Å². The molecule has 19 heavy (non-hydrogen) atoms. The second kappa shape index (κ2) is 9.10. The molecule has 0 aliphatic rings. The van der Waals surface area contributed by atoms with E-state index in [1.807, 2.05) is 6.20 Å². The fraction of sp³-hybridized carbons (Fsp3) is 0.800. The highest BCUT2D eigenvalue weighted by Crippen LogP contribution is 2.23. The number of rotatable bonds is 10. The average molecular weight is 267 g/mol. The van der Waals surface area contributed by atoms with Crippen molar-refractivity contribution in [2.24, 2.45) is 0 Å². The molecule has 0 aromatic carbocycles. The number of aryl methyl sites for hydroxylation is 1. The smallest absolute Gasteiger partial charge is 0.0784 e. The van der Waals surface area contributed by atoms with E-state index < -0.39 is 0 Å². The van der Waals surface area contributed by atoms with Crippen LogP contribution in [0.2, 0.25) is 0 Å². The Labute approximate surface area is 117 Å². The number of nitrogens with one attached hydrogen (secondary N) is 1. The first kappa shape index (κ1) is 16.2. The van der Waals surface area contributed by atoms with E-state index in [1.54, 1.807) is 0 Å². The summed E-state index contributed by atoms with van der Waals surface area (Å²) in [5, 5.41) is 8.00. The van der Waals surface area contributed by atoms with Gasteiger partial charge in [-0.1, -0.05) is 27.2 Å².